The van der Waals surface area contributed by atoms with Gasteiger partial charge in [-0.05, 0) is 43.8 Å². The fraction of sp³-hybridized carbons (Fsp3) is 0.333. The monoisotopic (exact) mass is 301 g/mol. The van der Waals surface area contributed by atoms with Gasteiger partial charge in [0.05, 0.1) is 24.5 Å². The first-order valence-corrected chi connectivity index (χ1v) is 6.35. The zero-order valence-electron chi connectivity index (χ0n) is 10.9. The van der Waals surface area contributed by atoms with E-state index in [1.807, 2.05) is 13.8 Å². The van der Waals surface area contributed by atoms with Gasteiger partial charge in [0.1, 0.15) is 0 Å². The number of nitrogens with two attached hydrogens (primary N) is 1. The van der Waals surface area contributed by atoms with Gasteiger partial charge in [-0.25, -0.2) is 0 Å². The van der Waals surface area contributed by atoms with Crippen molar-refractivity contribution in [2.24, 2.45) is 10.8 Å². The summed E-state index contributed by atoms with van der Waals surface area (Å²) in [7, 11) is 1.55. The molecule has 0 aromatic heterocycles. The summed E-state index contributed by atoms with van der Waals surface area (Å²) in [5.74, 6) is 1.05. The molecule has 0 heterocycles. The Morgan fingerprint density at radius 2 is 2.21 bits per heavy atom. The minimum absolute atomic E-state index is 0.00203. The number of hydrogen-bond donors (Lipinski definition) is 2. The molecule has 0 aliphatic heterocycles. The predicted octanol–water partition coefficient (Wildman–Crippen LogP) is 2.30. The molecule has 0 fully saturated rings. The van der Waals surface area contributed by atoms with Crippen LogP contribution in [0.2, 0.25) is 5.02 Å². The summed E-state index contributed by atoms with van der Waals surface area (Å²) < 4.78 is 10.9. The molecule has 0 radical (unpaired) electrons. The van der Waals surface area contributed by atoms with Crippen molar-refractivity contribution in [3.8, 4) is 11.5 Å². The Kier molecular flexibility index (Phi) is 5.85. The molecule has 7 heteroatoms. The highest BCUT2D eigenvalue weighted by Crippen LogP contribution is 2.36. The highest BCUT2D eigenvalue weighted by Gasteiger charge is 2.12. The maximum Gasteiger partial charge on any atom is 0.184 e. The second-order valence-electron chi connectivity index (χ2n) is 3.93. The molecule has 0 spiro atoms. The van der Waals surface area contributed by atoms with Crippen molar-refractivity contribution >= 4 is 35.1 Å². The number of rotatable bonds is 5. The Morgan fingerprint density at radius 1 is 1.53 bits per heavy atom. The summed E-state index contributed by atoms with van der Waals surface area (Å²) in [6.45, 7) is 3.83. The van der Waals surface area contributed by atoms with Gasteiger partial charge in [0.15, 0.2) is 16.6 Å². The summed E-state index contributed by atoms with van der Waals surface area (Å²) in [4.78, 5) is 0. The fourth-order valence-electron chi connectivity index (χ4n) is 1.33. The maximum atomic E-state index is 6.16. The van der Waals surface area contributed by atoms with Crippen LogP contribution in [0.5, 0.6) is 11.5 Å². The van der Waals surface area contributed by atoms with E-state index in [2.05, 4.69) is 22.7 Å². The summed E-state index contributed by atoms with van der Waals surface area (Å²) in [6.07, 6.45) is 1.54. The number of hydrogen-bond acceptors (Lipinski definition) is 4. The minimum Gasteiger partial charge on any atom is -0.493 e. The normalized spacial score (nSPS) is 10.8. The number of methoxy groups -OCH3 is 1. The highest BCUT2D eigenvalue weighted by molar-refractivity contribution is 7.80. The molecular formula is C12H16ClN3O2S. The first kappa shape index (κ1) is 15.5. The van der Waals surface area contributed by atoms with Crippen LogP contribution in [0.4, 0.5) is 0 Å². The number of nitrogens with one attached hydrogen (secondary N) is 1. The zero-order valence-corrected chi connectivity index (χ0v) is 12.5. The van der Waals surface area contributed by atoms with Gasteiger partial charge in [0.2, 0.25) is 0 Å². The third kappa shape index (κ3) is 4.92. The van der Waals surface area contributed by atoms with E-state index >= 15 is 0 Å². The summed E-state index contributed by atoms with van der Waals surface area (Å²) in [5.41, 5.74) is 8.46. The predicted molar refractivity (Wildman–Crippen MR) is 81.3 cm³/mol. The molecule has 0 amide bonds. The quantitative estimate of drug-likeness (QED) is 0.496. The van der Waals surface area contributed by atoms with Gasteiger partial charge in [0, 0.05) is 0 Å². The van der Waals surface area contributed by atoms with Crippen LogP contribution in [0.1, 0.15) is 19.4 Å². The summed E-state index contributed by atoms with van der Waals surface area (Å²) in [5, 5.41) is 4.39. The molecule has 0 aliphatic carbocycles. The Balaban J connectivity index is 3.01. The van der Waals surface area contributed by atoms with E-state index in [4.69, 9.17) is 26.8 Å². The number of thiocarbonyl (C=S) groups is 1. The average Bonchev–Trinajstić information content (AvgIpc) is 2.31. The largest absolute Gasteiger partial charge is 0.493 e. The lowest BCUT2D eigenvalue weighted by Gasteiger charge is -2.15. The van der Waals surface area contributed by atoms with E-state index in [1.165, 1.54) is 6.21 Å². The second kappa shape index (κ2) is 7.16. The lowest BCUT2D eigenvalue weighted by Crippen LogP contribution is -2.23. The van der Waals surface area contributed by atoms with Gasteiger partial charge in [-0.15, -0.1) is 0 Å². The van der Waals surface area contributed by atoms with Gasteiger partial charge in [-0.3, -0.25) is 5.43 Å². The number of ether oxygens (including phenoxy) is 2. The third-order valence-electron chi connectivity index (χ3n) is 1.99. The second-order valence-corrected chi connectivity index (χ2v) is 4.78. The molecule has 0 atom stereocenters. The zero-order chi connectivity index (χ0) is 14.4. The minimum atomic E-state index is 0.00203. The van der Waals surface area contributed by atoms with Crippen LogP contribution >= 0.6 is 23.8 Å². The Morgan fingerprint density at radius 3 is 2.74 bits per heavy atom. The van der Waals surface area contributed by atoms with Crippen LogP contribution in [0, 0.1) is 0 Å². The number of nitrogens with zero attached hydrogens (tertiary/aromatic N) is 1. The van der Waals surface area contributed by atoms with Gasteiger partial charge < -0.3 is 15.2 Å². The van der Waals surface area contributed by atoms with Crippen molar-refractivity contribution in [1.29, 1.82) is 0 Å². The van der Waals surface area contributed by atoms with E-state index in [1.54, 1.807) is 19.2 Å². The highest BCUT2D eigenvalue weighted by atomic mass is 35.5. The molecule has 1 rings (SSSR count). The van der Waals surface area contributed by atoms with E-state index in [9.17, 15) is 0 Å². The summed E-state index contributed by atoms with van der Waals surface area (Å²) >= 11 is 10.8. The van der Waals surface area contributed by atoms with Crippen LogP contribution in [-0.2, 0) is 0 Å². The van der Waals surface area contributed by atoms with E-state index in [-0.39, 0.29) is 11.2 Å². The smallest absolute Gasteiger partial charge is 0.184 e. The molecular weight excluding hydrogens is 286 g/mol. The molecule has 19 heavy (non-hydrogen) atoms. The van der Waals surface area contributed by atoms with Crippen LogP contribution in [0.3, 0.4) is 0 Å². The van der Waals surface area contributed by atoms with Crippen LogP contribution in [0.15, 0.2) is 17.2 Å². The SMILES string of the molecule is COc1cc(/C=N/NC(N)=S)cc(Cl)c1OC(C)C. The fourth-order valence-corrected chi connectivity index (χ4v) is 1.65. The Labute approximate surface area is 122 Å². The molecule has 5 nitrogen and oxygen atoms in total. The molecule has 3 N–H and O–H groups in total. The van der Waals surface area contributed by atoms with Gasteiger partial charge >= 0.3 is 0 Å². The Bertz CT molecular complexity index is 492. The van der Waals surface area contributed by atoms with Crippen molar-refractivity contribution in [1.82, 2.24) is 5.43 Å². The van der Waals surface area contributed by atoms with Gasteiger partial charge in [0.25, 0.3) is 0 Å². The standard InChI is InChI=1S/C12H16ClN3O2S/c1-7(2)18-11-9(13)4-8(5-10(11)17-3)6-15-16-12(14)19/h4-7H,1-3H3,(H3,14,16,19)/b15-6+. The first-order valence-electron chi connectivity index (χ1n) is 5.56. The van der Waals surface area contributed by atoms with E-state index in [0.29, 0.717) is 16.5 Å². The molecule has 104 valence electrons. The number of halogens is 1. The van der Waals surface area contributed by atoms with Crippen molar-refractivity contribution in [2.75, 3.05) is 7.11 Å². The molecule has 0 saturated heterocycles. The van der Waals surface area contributed by atoms with Crippen molar-refractivity contribution < 1.29 is 9.47 Å². The van der Waals surface area contributed by atoms with Crippen LogP contribution in [-0.4, -0.2) is 24.5 Å². The van der Waals surface area contributed by atoms with Crippen molar-refractivity contribution in [2.45, 2.75) is 20.0 Å². The van der Waals surface area contributed by atoms with Gasteiger partial charge in [-0.1, -0.05) is 11.6 Å². The summed E-state index contributed by atoms with van der Waals surface area (Å²) in [6, 6.07) is 3.47. The molecule has 1 aromatic rings. The molecule has 1 aromatic carbocycles. The molecule has 0 saturated carbocycles. The molecule has 0 aliphatic rings. The van der Waals surface area contributed by atoms with Gasteiger partial charge in [-0.2, -0.15) is 5.10 Å². The lowest BCUT2D eigenvalue weighted by molar-refractivity contribution is 0.230. The van der Waals surface area contributed by atoms with Crippen molar-refractivity contribution in [3.63, 3.8) is 0 Å². The van der Waals surface area contributed by atoms with Crippen molar-refractivity contribution in [3.05, 3.63) is 22.7 Å². The number of benzene rings is 1. The first-order chi connectivity index (χ1) is 8.93. The van der Waals surface area contributed by atoms with E-state index in [0.717, 1.165) is 5.56 Å². The third-order valence-corrected chi connectivity index (χ3v) is 2.37. The Hall–Kier alpha value is -1.53. The number of hydrazone groups is 1. The average molecular weight is 302 g/mol. The lowest BCUT2D eigenvalue weighted by atomic mass is 10.2. The molecule has 0 unspecified atom stereocenters. The van der Waals surface area contributed by atoms with Crippen LogP contribution in [0.25, 0.3) is 0 Å². The van der Waals surface area contributed by atoms with E-state index < -0.39 is 0 Å². The topological polar surface area (TPSA) is 68.9 Å². The van der Waals surface area contributed by atoms with Crippen LogP contribution < -0.4 is 20.6 Å². The maximum absolute atomic E-state index is 6.16. The molecule has 0 bridgehead atoms.